The summed E-state index contributed by atoms with van der Waals surface area (Å²) in [5, 5.41) is 0. The van der Waals surface area contributed by atoms with E-state index in [1.807, 2.05) is 18.7 Å². The van der Waals surface area contributed by atoms with Gasteiger partial charge in [-0.25, -0.2) is 0 Å². The number of nitrogens with zero attached hydrogens (tertiary/aromatic N) is 2. The molecule has 1 aromatic rings. The molecule has 2 atom stereocenters. The quantitative estimate of drug-likeness (QED) is 0.833. The van der Waals surface area contributed by atoms with Crippen molar-refractivity contribution in [3.63, 3.8) is 0 Å². The van der Waals surface area contributed by atoms with E-state index in [0.29, 0.717) is 31.7 Å². The van der Waals surface area contributed by atoms with Gasteiger partial charge in [0.2, 0.25) is 5.91 Å². The number of hydrogen-bond acceptors (Lipinski definition) is 4. The molecule has 0 saturated carbocycles. The highest BCUT2D eigenvalue weighted by molar-refractivity contribution is 5.94. The molecule has 2 saturated heterocycles. The van der Waals surface area contributed by atoms with Crippen molar-refractivity contribution in [2.75, 3.05) is 26.2 Å². The van der Waals surface area contributed by atoms with Crippen LogP contribution in [0.5, 0.6) is 0 Å². The molecule has 0 unspecified atom stereocenters. The summed E-state index contributed by atoms with van der Waals surface area (Å²) in [4.78, 5) is 28.7. The highest BCUT2D eigenvalue weighted by atomic mass is 16.5. The number of carbonyl (C=O) groups is 2. The van der Waals surface area contributed by atoms with Gasteiger partial charge in [-0.1, -0.05) is 0 Å². The predicted molar refractivity (Wildman–Crippen MR) is 83.9 cm³/mol. The number of hydrogen-bond donors (Lipinski definition) is 0. The Balaban J connectivity index is 1.54. The van der Waals surface area contributed by atoms with Crippen LogP contribution in [0, 0.1) is 5.92 Å². The second kappa shape index (κ2) is 6.74. The molecular weight excluding hydrogens is 296 g/mol. The first kappa shape index (κ1) is 16.1. The first-order chi connectivity index (χ1) is 11.0. The van der Waals surface area contributed by atoms with E-state index in [1.165, 1.54) is 12.5 Å². The largest absolute Gasteiger partial charge is 0.472 e. The van der Waals surface area contributed by atoms with Crippen molar-refractivity contribution in [1.82, 2.24) is 9.80 Å². The molecular formula is C17H24N2O4. The number of piperidine rings is 1. The predicted octanol–water partition coefficient (Wildman–Crippen LogP) is 1.77. The Morgan fingerprint density at radius 2 is 1.74 bits per heavy atom. The van der Waals surface area contributed by atoms with Crippen molar-refractivity contribution in [2.45, 2.75) is 38.9 Å². The van der Waals surface area contributed by atoms with Crippen molar-refractivity contribution >= 4 is 11.8 Å². The van der Waals surface area contributed by atoms with Crippen LogP contribution in [0.1, 0.15) is 37.0 Å². The van der Waals surface area contributed by atoms with Crippen LogP contribution in [-0.2, 0) is 9.53 Å². The van der Waals surface area contributed by atoms with Gasteiger partial charge in [0.15, 0.2) is 0 Å². The molecule has 2 aliphatic heterocycles. The summed E-state index contributed by atoms with van der Waals surface area (Å²) in [6.07, 6.45) is 4.60. The summed E-state index contributed by atoms with van der Waals surface area (Å²) in [5.41, 5.74) is 0.575. The van der Waals surface area contributed by atoms with Crippen molar-refractivity contribution in [1.29, 1.82) is 0 Å². The summed E-state index contributed by atoms with van der Waals surface area (Å²) in [6, 6.07) is 1.68. The van der Waals surface area contributed by atoms with Gasteiger partial charge in [-0.3, -0.25) is 9.59 Å². The molecule has 2 amide bonds. The van der Waals surface area contributed by atoms with E-state index in [2.05, 4.69) is 0 Å². The van der Waals surface area contributed by atoms with E-state index in [-0.39, 0.29) is 29.9 Å². The molecule has 6 nitrogen and oxygen atoms in total. The molecule has 0 spiro atoms. The van der Waals surface area contributed by atoms with E-state index in [9.17, 15) is 9.59 Å². The Morgan fingerprint density at radius 1 is 1.09 bits per heavy atom. The molecule has 2 fully saturated rings. The van der Waals surface area contributed by atoms with Gasteiger partial charge in [0.05, 0.1) is 24.0 Å². The zero-order valence-corrected chi connectivity index (χ0v) is 13.7. The van der Waals surface area contributed by atoms with Gasteiger partial charge < -0.3 is 19.0 Å². The molecule has 2 aliphatic rings. The number of likely N-dealkylation sites (tertiary alicyclic amines) is 1. The SMILES string of the molecule is C[C@H]1CN(C(=O)C2CCN(C(=O)c3ccoc3)CC2)C[C@H](C)O1. The first-order valence-corrected chi connectivity index (χ1v) is 8.30. The molecule has 126 valence electrons. The average molecular weight is 320 g/mol. The lowest BCUT2D eigenvalue weighted by Gasteiger charge is -2.39. The van der Waals surface area contributed by atoms with Crippen molar-refractivity contribution in [3.05, 3.63) is 24.2 Å². The van der Waals surface area contributed by atoms with Crippen molar-refractivity contribution in [2.24, 2.45) is 5.92 Å². The van der Waals surface area contributed by atoms with Gasteiger partial charge in [-0.15, -0.1) is 0 Å². The van der Waals surface area contributed by atoms with E-state index < -0.39 is 0 Å². The van der Waals surface area contributed by atoms with Crippen LogP contribution < -0.4 is 0 Å². The Labute approximate surface area is 136 Å². The van der Waals surface area contributed by atoms with Gasteiger partial charge in [0, 0.05) is 32.1 Å². The van der Waals surface area contributed by atoms with Crippen LogP contribution >= 0.6 is 0 Å². The Bertz CT molecular complexity index is 539. The van der Waals surface area contributed by atoms with Crippen LogP contribution in [0.2, 0.25) is 0 Å². The molecule has 3 heterocycles. The molecule has 0 aromatic carbocycles. The van der Waals surface area contributed by atoms with E-state index in [4.69, 9.17) is 9.15 Å². The average Bonchev–Trinajstić information content (AvgIpc) is 3.07. The van der Waals surface area contributed by atoms with E-state index >= 15 is 0 Å². The Kier molecular flexibility index (Phi) is 4.71. The second-order valence-electron chi connectivity index (χ2n) is 6.58. The smallest absolute Gasteiger partial charge is 0.257 e. The van der Waals surface area contributed by atoms with E-state index in [1.54, 1.807) is 11.0 Å². The summed E-state index contributed by atoms with van der Waals surface area (Å²) in [6.45, 7) is 6.57. The van der Waals surface area contributed by atoms with Crippen molar-refractivity contribution in [3.8, 4) is 0 Å². The maximum absolute atomic E-state index is 12.7. The molecule has 3 rings (SSSR count). The van der Waals surface area contributed by atoms with Crippen LogP contribution in [0.4, 0.5) is 0 Å². The van der Waals surface area contributed by atoms with Gasteiger partial charge in [0.25, 0.3) is 5.91 Å². The maximum atomic E-state index is 12.7. The third-order valence-corrected chi connectivity index (χ3v) is 4.63. The Hall–Kier alpha value is -1.82. The monoisotopic (exact) mass is 320 g/mol. The number of morpholine rings is 1. The standard InChI is InChI=1S/C17H24N2O4/c1-12-9-19(10-13(2)23-12)16(20)14-3-6-18(7-4-14)17(21)15-5-8-22-11-15/h5,8,11-14H,3-4,6-7,9-10H2,1-2H3/t12-,13-/m0/s1. The zero-order chi connectivity index (χ0) is 16.4. The lowest BCUT2D eigenvalue weighted by molar-refractivity contribution is -0.148. The van der Waals surface area contributed by atoms with Gasteiger partial charge in [-0.05, 0) is 32.8 Å². The second-order valence-corrected chi connectivity index (χ2v) is 6.58. The molecule has 0 aliphatic carbocycles. The summed E-state index contributed by atoms with van der Waals surface area (Å²) in [7, 11) is 0. The summed E-state index contributed by atoms with van der Waals surface area (Å²) in [5.74, 6) is 0.210. The number of furan rings is 1. The van der Waals surface area contributed by atoms with Crippen molar-refractivity contribution < 1.29 is 18.7 Å². The first-order valence-electron chi connectivity index (χ1n) is 8.30. The minimum Gasteiger partial charge on any atom is -0.472 e. The fourth-order valence-electron chi connectivity index (χ4n) is 3.51. The third kappa shape index (κ3) is 3.58. The highest BCUT2D eigenvalue weighted by Gasteiger charge is 2.33. The molecule has 0 radical (unpaired) electrons. The van der Waals surface area contributed by atoms with Gasteiger partial charge in [0.1, 0.15) is 6.26 Å². The van der Waals surface area contributed by atoms with Crippen LogP contribution in [-0.4, -0.2) is 60.0 Å². The topological polar surface area (TPSA) is 63.0 Å². The number of amides is 2. The van der Waals surface area contributed by atoms with Gasteiger partial charge >= 0.3 is 0 Å². The lowest BCUT2D eigenvalue weighted by atomic mass is 9.94. The summed E-state index contributed by atoms with van der Waals surface area (Å²) < 4.78 is 10.7. The molecule has 23 heavy (non-hydrogen) atoms. The molecule has 1 aromatic heterocycles. The van der Waals surface area contributed by atoms with Crippen LogP contribution in [0.25, 0.3) is 0 Å². The maximum Gasteiger partial charge on any atom is 0.257 e. The fraction of sp³-hybridized carbons (Fsp3) is 0.647. The molecule has 0 N–H and O–H groups in total. The molecule has 6 heteroatoms. The van der Waals surface area contributed by atoms with Crippen LogP contribution in [0.3, 0.4) is 0 Å². The normalized spacial score (nSPS) is 26.3. The van der Waals surface area contributed by atoms with E-state index in [0.717, 1.165) is 12.8 Å². The van der Waals surface area contributed by atoms with Crippen LogP contribution in [0.15, 0.2) is 23.0 Å². The third-order valence-electron chi connectivity index (χ3n) is 4.63. The highest BCUT2D eigenvalue weighted by Crippen LogP contribution is 2.23. The fourth-order valence-corrected chi connectivity index (χ4v) is 3.51. The lowest BCUT2D eigenvalue weighted by Crippen LogP contribution is -2.51. The Morgan fingerprint density at radius 3 is 2.30 bits per heavy atom. The molecule has 0 bridgehead atoms. The zero-order valence-electron chi connectivity index (χ0n) is 13.7. The minimum absolute atomic E-state index is 0.0147. The summed E-state index contributed by atoms with van der Waals surface area (Å²) >= 11 is 0. The van der Waals surface area contributed by atoms with Gasteiger partial charge in [-0.2, -0.15) is 0 Å². The number of rotatable bonds is 2. The minimum atomic E-state index is -0.0155. The number of ether oxygens (including phenoxy) is 1. The number of carbonyl (C=O) groups excluding carboxylic acids is 2.